The Bertz CT molecular complexity index is 273. The van der Waals surface area contributed by atoms with E-state index in [4.69, 9.17) is 0 Å². The average molecular weight is 267 g/mol. The van der Waals surface area contributed by atoms with E-state index in [1.54, 1.807) is 0 Å². The molecule has 1 amide bonds. The third-order valence-electron chi connectivity index (χ3n) is 3.10. The van der Waals surface area contributed by atoms with Crippen LogP contribution >= 0.6 is 0 Å². The summed E-state index contributed by atoms with van der Waals surface area (Å²) >= 11 is 0. The molecule has 2 atom stereocenters. The van der Waals surface area contributed by atoms with Crippen LogP contribution in [0, 0.1) is 0 Å². The fraction of sp³-hybridized carbons (Fsp3) is 0.909. The second-order valence-electron chi connectivity index (χ2n) is 4.76. The Hall–Kier alpha value is -0.820. The monoisotopic (exact) mass is 267 g/mol. The summed E-state index contributed by atoms with van der Waals surface area (Å²) < 4.78 is 35.7. The molecule has 2 N–H and O–H groups in total. The molecular weight excluding hydrogens is 247 g/mol. The molecule has 1 fully saturated rings. The molecular formula is C11H20F3N3O. The topological polar surface area (TPSA) is 44.4 Å². The number of carbonyl (C=O) groups is 1. The van der Waals surface area contributed by atoms with Crippen LogP contribution in [0.2, 0.25) is 0 Å². The van der Waals surface area contributed by atoms with E-state index in [1.165, 1.54) is 0 Å². The first-order chi connectivity index (χ1) is 8.29. The van der Waals surface area contributed by atoms with Gasteiger partial charge in [0, 0.05) is 12.1 Å². The van der Waals surface area contributed by atoms with E-state index in [0.29, 0.717) is 12.1 Å². The van der Waals surface area contributed by atoms with Gasteiger partial charge in [-0.15, -0.1) is 0 Å². The van der Waals surface area contributed by atoms with E-state index in [-0.39, 0.29) is 6.54 Å². The number of nitrogens with zero attached hydrogens (tertiary/aromatic N) is 1. The lowest BCUT2D eigenvalue weighted by molar-refractivity contribution is -0.138. The van der Waals surface area contributed by atoms with Gasteiger partial charge in [-0.1, -0.05) is 6.42 Å². The van der Waals surface area contributed by atoms with Crippen LogP contribution in [-0.2, 0) is 4.79 Å². The van der Waals surface area contributed by atoms with Crippen molar-refractivity contribution in [3.05, 3.63) is 0 Å². The van der Waals surface area contributed by atoms with Gasteiger partial charge in [0.1, 0.15) is 6.54 Å². The second kappa shape index (κ2) is 6.38. The molecule has 18 heavy (non-hydrogen) atoms. The van der Waals surface area contributed by atoms with Gasteiger partial charge in [-0.2, -0.15) is 13.2 Å². The van der Waals surface area contributed by atoms with E-state index in [0.717, 1.165) is 19.3 Å². The number of amides is 1. The van der Waals surface area contributed by atoms with E-state index < -0.39 is 18.6 Å². The van der Waals surface area contributed by atoms with E-state index in [1.807, 2.05) is 24.2 Å². The largest absolute Gasteiger partial charge is 0.405 e. The number of hydrogen-bond donors (Lipinski definition) is 2. The molecule has 0 aliphatic carbocycles. The minimum atomic E-state index is -4.36. The predicted octanol–water partition coefficient (Wildman–Crippen LogP) is 1.43. The maximum Gasteiger partial charge on any atom is 0.405 e. The van der Waals surface area contributed by atoms with Gasteiger partial charge >= 0.3 is 6.18 Å². The maximum absolute atomic E-state index is 11.9. The zero-order valence-corrected chi connectivity index (χ0v) is 10.7. The van der Waals surface area contributed by atoms with Crippen molar-refractivity contribution in [1.82, 2.24) is 15.8 Å². The first-order valence-electron chi connectivity index (χ1n) is 6.15. The number of hydrogen-bond acceptors (Lipinski definition) is 3. The summed E-state index contributed by atoms with van der Waals surface area (Å²) in [6.07, 6.45) is -1.16. The number of rotatable bonds is 4. The zero-order valence-electron chi connectivity index (χ0n) is 10.7. The van der Waals surface area contributed by atoms with Crippen LogP contribution in [0.4, 0.5) is 13.2 Å². The number of piperidine rings is 1. The molecule has 106 valence electrons. The first kappa shape index (κ1) is 15.2. The number of carbonyl (C=O) groups excluding carboxylic acids is 1. The number of hydrazine groups is 1. The Kier molecular flexibility index (Phi) is 5.40. The van der Waals surface area contributed by atoms with E-state index in [9.17, 15) is 18.0 Å². The Labute approximate surface area is 105 Å². The lowest BCUT2D eigenvalue weighted by atomic mass is 10.00. The fourth-order valence-corrected chi connectivity index (χ4v) is 2.16. The molecule has 1 aliphatic rings. The van der Waals surface area contributed by atoms with Crippen LogP contribution in [0.1, 0.15) is 33.1 Å². The highest BCUT2D eigenvalue weighted by molar-refractivity contribution is 5.77. The van der Waals surface area contributed by atoms with Crippen LogP contribution in [0.25, 0.3) is 0 Å². The molecule has 1 saturated heterocycles. The fourth-order valence-electron chi connectivity index (χ4n) is 2.16. The number of nitrogens with one attached hydrogen (secondary N) is 2. The third-order valence-corrected chi connectivity index (χ3v) is 3.10. The molecule has 7 heteroatoms. The quantitative estimate of drug-likeness (QED) is 0.810. The minimum Gasteiger partial charge on any atom is -0.346 e. The molecule has 1 rings (SSSR count). The Morgan fingerprint density at radius 1 is 1.28 bits per heavy atom. The van der Waals surface area contributed by atoms with Crippen LogP contribution in [-0.4, -0.2) is 42.3 Å². The molecule has 0 aromatic rings. The summed E-state index contributed by atoms with van der Waals surface area (Å²) in [6.45, 7) is 2.68. The van der Waals surface area contributed by atoms with Gasteiger partial charge in [-0.05, 0) is 26.7 Å². The smallest absolute Gasteiger partial charge is 0.346 e. The summed E-state index contributed by atoms with van der Waals surface area (Å²) in [5, 5.41) is 3.79. The Balaban J connectivity index is 2.28. The van der Waals surface area contributed by atoms with Gasteiger partial charge < -0.3 is 5.32 Å². The van der Waals surface area contributed by atoms with Crippen molar-refractivity contribution in [1.29, 1.82) is 0 Å². The van der Waals surface area contributed by atoms with Gasteiger partial charge in [0.05, 0.1) is 6.54 Å². The molecule has 2 unspecified atom stereocenters. The summed E-state index contributed by atoms with van der Waals surface area (Å²) in [6, 6.07) is 0.591. The Morgan fingerprint density at radius 2 is 1.83 bits per heavy atom. The lowest BCUT2D eigenvalue weighted by Crippen LogP contribution is -2.54. The van der Waals surface area contributed by atoms with Gasteiger partial charge in [-0.3, -0.25) is 4.79 Å². The Morgan fingerprint density at radius 3 is 2.33 bits per heavy atom. The highest BCUT2D eigenvalue weighted by atomic mass is 19.4. The van der Waals surface area contributed by atoms with Gasteiger partial charge in [0.15, 0.2) is 0 Å². The van der Waals surface area contributed by atoms with Gasteiger partial charge in [0.25, 0.3) is 0 Å². The molecule has 0 radical (unpaired) electrons. The standard InChI is InChI=1S/C11H20F3N3O/c1-8-4-3-5-9(2)17(8)16-6-10(18)15-7-11(12,13)14/h8-9,16H,3-7H2,1-2H3,(H,15,18). The van der Waals surface area contributed by atoms with Crippen molar-refractivity contribution in [3.63, 3.8) is 0 Å². The molecule has 0 saturated carbocycles. The highest BCUT2D eigenvalue weighted by Gasteiger charge is 2.28. The molecule has 0 aromatic carbocycles. The summed E-state index contributed by atoms with van der Waals surface area (Å²) in [5.41, 5.74) is 2.91. The number of halogens is 3. The summed E-state index contributed by atoms with van der Waals surface area (Å²) in [5.74, 6) is -0.641. The van der Waals surface area contributed by atoms with Crippen LogP contribution in [0.3, 0.4) is 0 Å². The molecule has 0 bridgehead atoms. The minimum absolute atomic E-state index is 0.120. The summed E-state index contributed by atoms with van der Waals surface area (Å²) in [4.78, 5) is 11.2. The van der Waals surface area contributed by atoms with Crippen molar-refractivity contribution in [3.8, 4) is 0 Å². The SMILES string of the molecule is CC1CCCC(C)N1NCC(=O)NCC(F)(F)F. The molecule has 1 aliphatic heterocycles. The van der Waals surface area contributed by atoms with Gasteiger partial charge in [0.2, 0.25) is 5.91 Å². The van der Waals surface area contributed by atoms with E-state index >= 15 is 0 Å². The first-order valence-corrected chi connectivity index (χ1v) is 6.15. The van der Waals surface area contributed by atoms with Crippen molar-refractivity contribution < 1.29 is 18.0 Å². The number of alkyl halides is 3. The summed E-state index contributed by atoms with van der Waals surface area (Å²) in [7, 11) is 0. The molecule has 4 nitrogen and oxygen atoms in total. The lowest BCUT2D eigenvalue weighted by Gasteiger charge is -2.38. The molecule has 1 heterocycles. The predicted molar refractivity (Wildman–Crippen MR) is 61.7 cm³/mol. The molecule has 0 spiro atoms. The van der Waals surface area contributed by atoms with Crippen LogP contribution in [0.15, 0.2) is 0 Å². The molecule has 0 aromatic heterocycles. The van der Waals surface area contributed by atoms with Crippen molar-refractivity contribution >= 4 is 5.91 Å². The second-order valence-corrected chi connectivity index (χ2v) is 4.76. The zero-order chi connectivity index (χ0) is 13.8. The third kappa shape index (κ3) is 5.22. The van der Waals surface area contributed by atoms with Gasteiger partial charge in [-0.25, -0.2) is 10.4 Å². The maximum atomic E-state index is 11.9. The average Bonchev–Trinajstić information content (AvgIpc) is 2.25. The normalized spacial score (nSPS) is 26.1. The van der Waals surface area contributed by atoms with Crippen molar-refractivity contribution in [2.24, 2.45) is 0 Å². The van der Waals surface area contributed by atoms with Crippen LogP contribution < -0.4 is 10.7 Å². The van der Waals surface area contributed by atoms with Crippen LogP contribution in [0.5, 0.6) is 0 Å². The van der Waals surface area contributed by atoms with Crippen molar-refractivity contribution in [2.75, 3.05) is 13.1 Å². The highest BCUT2D eigenvalue weighted by Crippen LogP contribution is 2.19. The van der Waals surface area contributed by atoms with E-state index in [2.05, 4.69) is 5.43 Å². The van der Waals surface area contributed by atoms with Crippen molar-refractivity contribution in [2.45, 2.75) is 51.4 Å².